The molecule has 0 atom stereocenters. The van der Waals surface area contributed by atoms with E-state index in [1.165, 1.54) is 39.2 Å². The maximum absolute atomic E-state index is 2.29. The van der Waals surface area contributed by atoms with Gasteiger partial charge in [-0.1, -0.05) is 78.9 Å². The monoisotopic (exact) mass is 449 g/mol. The smallest absolute Gasteiger partial charge is 0.0462 e. The number of hydrogen-bond acceptors (Lipinski definition) is 3. The molecule has 0 saturated carbocycles. The van der Waals surface area contributed by atoms with Crippen LogP contribution in [0.3, 0.4) is 0 Å². The topological polar surface area (TPSA) is 9.72 Å². The van der Waals surface area contributed by atoms with Gasteiger partial charge in [0.2, 0.25) is 0 Å². The van der Waals surface area contributed by atoms with E-state index in [1.807, 2.05) is 0 Å². The van der Waals surface area contributed by atoms with Crippen molar-refractivity contribution in [1.82, 2.24) is 4.90 Å². The summed E-state index contributed by atoms with van der Waals surface area (Å²) < 4.78 is 0. The molecule has 0 aromatic heterocycles. The van der Waals surface area contributed by atoms with Gasteiger partial charge in [0.05, 0.1) is 0 Å². The normalized spacial score (nSPS) is 15.0. The zero-order chi connectivity index (χ0) is 24.1. The Morgan fingerprint density at radius 2 is 1.18 bits per heavy atom. The highest BCUT2D eigenvalue weighted by molar-refractivity contribution is 5.86. The van der Waals surface area contributed by atoms with Crippen molar-refractivity contribution < 1.29 is 0 Å². The summed E-state index contributed by atoms with van der Waals surface area (Å²) in [6, 6.07) is 28.7. The predicted molar refractivity (Wildman–Crippen MR) is 148 cm³/mol. The van der Waals surface area contributed by atoms with E-state index >= 15 is 0 Å². The quantitative estimate of drug-likeness (QED) is 0.422. The number of hydrogen-bond donors (Lipinski definition) is 0. The highest BCUT2D eigenvalue weighted by Gasteiger charge is 2.14. The standard InChI is InChI=1S/C31H35N3/c1-32(2)28-17-11-25(12-18-28)31(26-13-19-29(20-14-26)33(3)4)27-15-21-30(22-16-27)34(5)23-24-9-7-6-8-10-24/h6-22,28H,23H2,1-5H3. The molecule has 1 aliphatic carbocycles. The van der Waals surface area contributed by atoms with Gasteiger partial charge in [-0.15, -0.1) is 0 Å². The van der Waals surface area contributed by atoms with Crippen molar-refractivity contribution in [1.29, 1.82) is 0 Å². The Hall–Kier alpha value is -3.56. The molecule has 0 radical (unpaired) electrons. The third kappa shape index (κ3) is 5.49. The van der Waals surface area contributed by atoms with Crippen molar-refractivity contribution in [3.05, 3.63) is 125 Å². The molecule has 0 heterocycles. The minimum absolute atomic E-state index is 0.329. The molecule has 4 rings (SSSR count). The molecule has 0 bridgehead atoms. The molecule has 174 valence electrons. The lowest BCUT2D eigenvalue weighted by Gasteiger charge is -2.23. The number of rotatable bonds is 7. The van der Waals surface area contributed by atoms with Gasteiger partial charge < -0.3 is 9.80 Å². The first-order valence-electron chi connectivity index (χ1n) is 11.8. The zero-order valence-electron chi connectivity index (χ0n) is 20.9. The van der Waals surface area contributed by atoms with Crippen LogP contribution >= 0.6 is 0 Å². The van der Waals surface area contributed by atoms with E-state index in [4.69, 9.17) is 0 Å². The van der Waals surface area contributed by atoms with E-state index in [1.54, 1.807) is 0 Å². The summed E-state index contributed by atoms with van der Waals surface area (Å²) >= 11 is 0. The number of allylic oxidation sites excluding steroid dienone is 3. The SMILES string of the molecule is CN(C)c1ccc(C(=C2C=CC(N(C)C)C=C2)c2ccc(N(C)Cc3ccccc3)cc2)cc1. The van der Waals surface area contributed by atoms with Gasteiger partial charge in [0.15, 0.2) is 0 Å². The van der Waals surface area contributed by atoms with Gasteiger partial charge in [0.1, 0.15) is 0 Å². The number of nitrogens with zero attached hydrogens (tertiary/aromatic N) is 3. The lowest BCUT2D eigenvalue weighted by molar-refractivity contribution is 0.390. The number of benzene rings is 3. The van der Waals surface area contributed by atoms with E-state index in [0.29, 0.717) is 6.04 Å². The second-order valence-corrected chi connectivity index (χ2v) is 9.33. The molecular weight excluding hydrogens is 414 g/mol. The molecule has 0 N–H and O–H groups in total. The van der Waals surface area contributed by atoms with Crippen LogP contribution in [0.2, 0.25) is 0 Å². The van der Waals surface area contributed by atoms with Crippen molar-refractivity contribution in [2.24, 2.45) is 0 Å². The number of anilines is 2. The molecule has 34 heavy (non-hydrogen) atoms. The maximum atomic E-state index is 2.29. The molecule has 0 aliphatic heterocycles. The fraction of sp³-hybridized carbons (Fsp3) is 0.226. The average Bonchev–Trinajstić information content (AvgIpc) is 2.86. The van der Waals surface area contributed by atoms with Crippen molar-refractivity contribution >= 4 is 16.9 Å². The van der Waals surface area contributed by atoms with Gasteiger partial charge in [-0.05, 0) is 66.2 Å². The van der Waals surface area contributed by atoms with Gasteiger partial charge in [0.25, 0.3) is 0 Å². The molecule has 0 unspecified atom stereocenters. The lowest BCUT2D eigenvalue weighted by Crippen LogP contribution is -2.24. The van der Waals surface area contributed by atoms with E-state index < -0.39 is 0 Å². The van der Waals surface area contributed by atoms with Crippen LogP contribution in [-0.2, 0) is 6.54 Å². The fourth-order valence-corrected chi connectivity index (χ4v) is 4.29. The highest BCUT2D eigenvalue weighted by atomic mass is 15.1. The molecular formula is C31H35N3. The Labute approximate surface area is 204 Å². The summed E-state index contributed by atoms with van der Waals surface area (Å²) in [6.45, 7) is 0.886. The van der Waals surface area contributed by atoms with Crippen molar-refractivity contribution in [3.8, 4) is 0 Å². The summed E-state index contributed by atoms with van der Waals surface area (Å²) in [7, 11) is 10.5. The summed E-state index contributed by atoms with van der Waals surface area (Å²) in [6.07, 6.45) is 9.06. The van der Waals surface area contributed by atoms with Crippen LogP contribution in [-0.4, -0.2) is 46.2 Å². The molecule has 3 aromatic rings. The summed E-state index contributed by atoms with van der Waals surface area (Å²) in [5.74, 6) is 0. The first kappa shape index (κ1) is 23.6. The Bertz CT molecular complexity index is 1150. The molecule has 0 spiro atoms. The van der Waals surface area contributed by atoms with E-state index in [-0.39, 0.29) is 0 Å². The van der Waals surface area contributed by atoms with Crippen LogP contribution in [0.15, 0.2) is 109 Å². The lowest BCUT2D eigenvalue weighted by atomic mass is 9.90. The van der Waals surface area contributed by atoms with Crippen LogP contribution in [0.1, 0.15) is 16.7 Å². The molecule has 0 fully saturated rings. The Kier molecular flexibility index (Phi) is 7.34. The second-order valence-electron chi connectivity index (χ2n) is 9.33. The third-order valence-corrected chi connectivity index (χ3v) is 6.36. The molecule has 0 saturated heterocycles. The van der Waals surface area contributed by atoms with E-state index in [2.05, 4.69) is 153 Å². The summed E-state index contributed by atoms with van der Waals surface area (Å²) in [4.78, 5) is 6.64. The van der Waals surface area contributed by atoms with E-state index in [9.17, 15) is 0 Å². The Morgan fingerprint density at radius 3 is 1.68 bits per heavy atom. The van der Waals surface area contributed by atoms with Gasteiger partial charge in [-0.25, -0.2) is 0 Å². The Balaban J connectivity index is 1.67. The van der Waals surface area contributed by atoms with Gasteiger partial charge >= 0.3 is 0 Å². The van der Waals surface area contributed by atoms with Gasteiger partial charge in [-0.2, -0.15) is 0 Å². The second kappa shape index (κ2) is 10.6. The van der Waals surface area contributed by atoms with Crippen molar-refractivity contribution in [3.63, 3.8) is 0 Å². The van der Waals surface area contributed by atoms with Gasteiger partial charge in [-0.3, -0.25) is 4.90 Å². The molecule has 0 amide bonds. The molecule has 3 heteroatoms. The van der Waals surface area contributed by atoms with Crippen LogP contribution < -0.4 is 9.80 Å². The molecule has 3 nitrogen and oxygen atoms in total. The fourth-order valence-electron chi connectivity index (χ4n) is 4.29. The first-order chi connectivity index (χ1) is 16.4. The van der Waals surface area contributed by atoms with E-state index in [0.717, 1.165) is 6.54 Å². The van der Waals surface area contributed by atoms with Crippen molar-refractivity contribution in [2.45, 2.75) is 12.6 Å². The summed E-state index contributed by atoms with van der Waals surface area (Å²) in [5, 5.41) is 0. The minimum Gasteiger partial charge on any atom is -0.378 e. The predicted octanol–water partition coefficient (Wildman–Crippen LogP) is 6.25. The van der Waals surface area contributed by atoms with Crippen LogP contribution in [0.4, 0.5) is 11.4 Å². The van der Waals surface area contributed by atoms with Crippen LogP contribution in [0, 0.1) is 0 Å². The largest absolute Gasteiger partial charge is 0.378 e. The Morgan fingerprint density at radius 1 is 0.647 bits per heavy atom. The summed E-state index contributed by atoms with van der Waals surface area (Å²) in [5.41, 5.74) is 8.67. The third-order valence-electron chi connectivity index (χ3n) is 6.36. The highest BCUT2D eigenvalue weighted by Crippen LogP contribution is 2.32. The molecule has 3 aromatic carbocycles. The van der Waals surface area contributed by atoms with Crippen LogP contribution in [0.25, 0.3) is 5.57 Å². The minimum atomic E-state index is 0.329. The van der Waals surface area contributed by atoms with Crippen LogP contribution in [0.5, 0.6) is 0 Å². The number of likely N-dealkylation sites (N-methyl/N-ethyl adjacent to an activating group) is 1. The maximum Gasteiger partial charge on any atom is 0.0462 e. The zero-order valence-corrected chi connectivity index (χ0v) is 20.9. The van der Waals surface area contributed by atoms with Gasteiger partial charge in [0, 0.05) is 45.1 Å². The average molecular weight is 450 g/mol. The van der Waals surface area contributed by atoms with Crippen molar-refractivity contribution in [2.75, 3.05) is 45.0 Å². The first-order valence-corrected chi connectivity index (χ1v) is 11.8. The molecule has 1 aliphatic rings.